The number of carbonyl (C=O) groups excluding carboxylic acids is 1. The molecule has 82 valence electrons. The Kier molecular flexibility index (Phi) is 4.05. The summed E-state index contributed by atoms with van der Waals surface area (Å²) < 4.78 is 17.3. The predicted octanol–water partition coefficient (Wildman–Crippen LogP) is 2.08. The third-order valence-corrected chi connectivity index (χ3v) is 2.09. The van der Waals surface area contributed by atoms with Crippen molar-refractivity contribution in [1.82, 2.24) is 0 Å². The maximum atomic E-state index is 12.7. The maximum Gasteiger partial charge on any atom is 0.302 e. The predicted molar refractivity (Wildman–Crippen MR) is 53.0 cm³/mol. The number of hydrogen-bond acceptors (Lipinski definition) is 3. The van der Waals surface area contributed by atoms with E-state index in [9.17, 15) is 14.3 Å². The molecule has 0 bridgehead atoms. The molecule has 1 aromatic rings. The number of aliphatic hydroxyl groups excluding tert-OH is 1. The summed E-state index contributed by atoms with van der Waals surface area (Å²) in [7, 11) is 0. The van der Waals surface area contributed by atoms with Crippen molar-refractivity contribution in [3.63, 3.8) is 0 Å². The van der Waals surface area contributed by atoms with Gasteiger partial charge in [-0.25, -0.2) is 4.39 Å². The van der Waals surface area contributed by atoms with Crippen LogP contribution in [0.2, 0.25) is 5.02 Å². The normalized spacial score (nSPS) is 12.3. The van der Waals surface area contributed by atoms with Gasteiger partial charge in [-0.05, 0) is 12.1 Å². The second kappa shape index (κ2) is 5.09. The van der Waals surface area contributed by atoms with E-state index in [1.54, 1.807) is 0 Å². The van der Waals surface area contributed by atoms with E-state index in [4.69, 9.17) is 11.6 Å². The summed E-state index contributed by atoms with van der Waals surface area (Å²) in [4.78, 5) is 10.5. The summed E-state index contributed by atoms with van der Waals surface area (Å²) in [5, 5.41) is 9.66. The molecule has 1 N–H and O–H groups in total. The Morgan fingerprint density at radius 3 is 2.87 bits per heavy atom. The average molecular weight is 233 g/mol. The number of hydrogen-bond donors (Lipinski definition) is 1. The zero-order valence-electron chi connectivity index (χ0n) is 8.04. The third-order valence-electron chi connectivity index (χ3n) is 1.77. The molecule has 0 saturated carbocycles. The van der Waals surface area contributed by atoms with Crippen molar-refractivity contribution < 1.29 is 19.0 Å². The van der Waals surface area contributed by atoms with Crippen LogP contribution in [0.25, 0.3) is 0 Å². The van der Waals surface area contributed by atoms with Gasteiger partial charge in [-0.1, -0.05) is 17.7 Å². The molecule has 1 atom stereocenters. The highest BCUT2D eigenvalue weighted by Gasteiger charge is 2.13. The summed E-state index contributed by atoms with van der Waals surface area (Å²) in [6.45, 7) is 1.04. The zero-order chi connectivity index (χ0) is 11.4. The van der Waals surface area contributed by atoms with Gasteiger partial charge in [0, 0.05) is 17.5 Å². The highest BCUT2D eigenvalue weighted by atomic mass is 35.5. The van der Waals surface area contributed by atoms with Gasteiger partial charge in [0.25, 0.3) is 0 Å². The van der Waals surface area contributed by atoms with Crippen LogP contribution in [0.1, 0.15) is 18.6 Å². The van der Waals surface area contributed by atoms with E-state index in [0.717, 1.165) is 6.07 Å². The number of ether oxygens (including phenoxy) is 1. The smallest absolute Gasteiger partial charge is 0.302 e. The van der Waals surface area contributed by atoms with Gasteiger partial charge in [0.2, 0.25) is 0 Å². The van der Waals surface area contributed by atoms with Crippen molar-refractivity contribution in [3.8, 4) is 0 Å². The fourth-order valence-corrected chi connectivity index (χ4v) is 1.35. The van der Waals surface area contributed by atoms with Crippen molar-refractivity contribution in [3.05, 3.63) is 34.6 Å². The fraction of sp³-hybridized carbons (Fsp3) is 0.300. The Morgan fingerprint density at radius 2 is 2.33 bits per heavy atom. The standard InChI is InChI=1S/C10H10ClFO3/c1-6(13)15-5-10(14)8-3-2-7(12)4-9(8)11/h2-4,10,14H,5H2,1H3. The number of carbonyl (C=O) groups is 1. The van der Waals surface area contributed by atoms with Crippen molar-refractivity contribution in [2.24, 2.45) is 0 Å². The van der Waals surface area contributed by atoms with Crippen LogP contribution in [-0.4, -0.2) is 17.7 Å². The van der Waals surface area contributed by atoms with Crippen LogP contribution < -0.4 is 0 Å². The first-order chi connectivity index (χ1) is 7.00. The van der Waals surface area contributed by atoms with Gasteiger partial charge in [0.05, 0.1) is 0 Å². The lowest BCUT2D eigenvalue weighted by Gasteiger charge is -2.12. The molecule has 0 heterocycles. The summed E-state index contributed by atoms with van der Waals surface area (Å²) in [6, 6.07) is 3.62. The molecule has 1 aromatic carbocycles. The van der Waals surface area contributed by atoms with Crippen LogP contribution in [0.5, 0.6) is 0 Å². The van der Waals surface area contributed by atoms with Crippen LogP contribution in [0.3, 0.4) is 0 Å². The second-order valence-electron chi connectivity index (χ2n) is 2.98. The van der Waals surface area contributed by atoms with Crippen LogP contribution >= 0.6 is 11.6 Å². The quantitative estimate of drug-likeness (QED) is 0.812. The minimum atomic E-state index is -1.04. The molecule has 0 aliphatic heterocycles. The maximum absolute atomic E-state index is 12.7. The summed E-state index contributed by atoms with van der Waals surface area (Å²) in [6.07, 6.45) is -1.04. The van der Waals surface area contributed by atoms with Crippen molar-refractivity contribution in [2.45, 2.75) is 13.0 Å². The van der Waals surface area contributed by atoms with Crippen LogP contribution in [0.4, 0.5) is 4.39 Å². The molecule has 0 aliphatic rings. The molecule has 5 heteroatoms. The molecule has 0 aliphatic carbocycles. The first kappa shape index (κ1) is 11.9. The molecular formula is C10H10ClFO3. The zero-order valence-corrected chi connectivity index (χ0v) is 8.79. The van der Waals surface area contributed by atoms with Gasteiger partial charge in [0.15, 0.2) is 0 Å². The van der Waals surface area contributed by atoms with Gasteiger partial charge in [-0.15, -0.1) is 0 Å². The molecule has 0 aromatic heterocycles. The monoisotopic (exact) mass is 232 g/mol. The summed E-state index contributed by atoms with van der Waals surface area (Å²) >= 11 is 5.70. The average Bonchev–Trinajstić information content (AvgIpc) is 2.14. The van der Waals surface area contributed by atoms with Gasteiger partial charge in [0.1, 0.15) is 18.5 Å². The molecule has 0 radical (unpaired) electrons. The Hall–Kier alpha value is -1.13. The van der Waals surface area contributed by atoms with Crippen LogP contribution in [-0.2, 0) is 9.53 Å². The Bertz CT molecular complexity index is 368. The third kappa shape index (κ3) is 3.49. The lowest BCUT2D eigenvalue weighted by molar-refractivity contribution is -0.144. The highest BCUT2D eigenvalue weighted by Crippen LogP contribution is 2.23. The largest absolute Gasteiger partial charge is 0.463 e. The van der Waals surface area contributed by atoms with Crippen LogP contribution in [0, 0.1) is 5.82 Å². The molecule has 3 nitrogen and oxygen atoms in total. The van der Waals surface area contributed by atoms with E-state index in [-0.39, 0.29) is 11.6 Å². The summed E-state index contributed by atoms with van der Waals surface area (Å²) in [5.41, 5.74) is 0.333. The van der Waals surface area contributed by atoms with E-state index in [0.29, 0.717) is 5.56 Å². The number of halogens is 2. The molecule has 0 saturated heterocycles. The number of rotatable bonds is 3. The van der Waals surface area contributed by atoms with E-state index in [1.165, 1.54) is 19.1 Å². The summed E-state index contributed by atoms with van der Waals surface area (Å²) in [5.74, 6) is -0.976. The fourth-order valence-electron chi connectivity index (χ4n) is 1.06. The number of benzene rings is 1. The van der Waals surface area contributed by atoms with E-state index in [2.05, 4.69) is 4.74 Å². The second-order valence-corrected chi connectivity index (χ2v) is 3.39. The first-order valence-corrected chi connectivity index (χ1v) is 4.65. The minimum Gasteiger partial charge on any atom is -0.463 e. The molecule has 0 spiro atoms. The van der Waals surface area contributed by atoms with Crippen molar-refractivity contribution >= 4 is 17.6 Å². The molecule has 0 fully saturated rings. The minimum absolute atomic E-state index is 0.106. The number of esters is 1. The highest BCUT2D eigenvalue weighted by molar-refractivity contribution is 6.31. The van der Waals surface area contributed by atoms with Crippen molar-refractivity contribution in [2.75, 3.05) is 6.61 Å². The lowest BCUT2D eigenvalue weighted by Crippen LogP contribution is -2.10. The van der Waals surface area contributed by atoms with Gasteiger partial charge in [-0.3, -0.25) is 4.79 Å². The van der Waals surface area contributed by atoms with Gasteiger partial charge in [-0.2, -0.15) is 0 Å². The lowest BCUT2D eigenvalue weighted by atomic mass is 10.1. The molecule has 1 unspecified atom stereocenters. The number of aliphatic hydroxyl groups is 1. The van der Waals surface area contributed by atoms with Gasteiger partial charge >= 0.3 is 5.97 Å². The van der Waals surface area contributed by atoms with Gasteiger partial charge < -0.3 is 9.84 Å². The Balaban J connectivity index is 2.73. The van der Waals surface area contributed by atoms with Crippen LogP contribution in [0.15, 0.2) is 18.2 Å². The molecule has 15 heavy (non-hydrogen) atoms. The van der Waals surface area contributed by atoms with E-state index in [1.807, 2.05) is 0 Å². The SMILES string of the molecule is CC(=O)OCC(O)c1ccc(F)cc1Cl. The first-order valence-electron chi connectivity index (χ1n) is 4.27. The van der Waals surface area contributed by atoms with E-state index >= 15 is 0 Å². The Labute approximate surface area is 91.4 Å². The molecular weight excluding hydrogens is 223 g/mol. The van der Waals surface area contributed by atoms with Crippen molar-refractivity contribution in [1.29, 1.82) is 0 Å². The topological polar surface area (TPSA) is 46.5 Å². The molecule has 1 rings (SSSR count). The molecule has 0 amide bonds. The Morgan fingerprint density at radius 1 is 1.67 bits per heavy atom. The van der Waals surface area contributed by atoms with E-state index < -0.39 is 17.9 Å².